The number of hydrogen-bond acceptors (Lipinski definition) is 1. The molecule has 0 aliphatic rings. The first kappa shape index (κ1) is 13.4. The van der Waals surface area contributed by atoms with Crippen LogP contribution in [0.3, 0.4) is 0 Å². The summed E-state index contributed by atoms with van der Waals surface area (Å²) >= 11 is 3.40. The van der Waals surface area contributed by atoms with Crippen LogP contribution in [0.2, 0.25) is 0 Å². The lowest BCUT2D eigenvalue weighted by atomic mass is 10.0. The normalized spacial score (nSPS) is 13.6. The van der Waals surface area contributed by atoms with E-state index in [9.17, 15) is 4.79 Å². The average Bonchev–Trinajstić information content (AvgIpc) is 2.14. The molecule has 0 unspecified atom stereocenters. The first-order valence-corrected chi connectivity index (χ1v) is 5.48. The van der Waals surface area contributed by atoms with Gasteiger partial charge in [-0.15, -0.1) is 0 Å². The van der Waals surface area contributed by atoms with E-state index in [1.54, 1.807) is 13.0 Å². The monoisotopic (exact) mass is 256 g/mol. The summed E-state index contributed by atoms with van der Waals surface area (Å²) in [5.74, 6) is 0.209. The number of carbonyl (C=O) groups is 1. The largest absolute Gasteiger partial charge is 0.300 e. The van der Waals surface area contributed by atoms with Crippen LogP contribution in [-0.4, -0.2) is 5.78 Å². The highest BCUT2D eigenvalue weighted by Crippen LogP contribution is 2.18. The third-order valence-electron chi connectivity index (χ3n) is 1.91. The molecule has 0 aromatic carbocycles. The number of carbonyl (C=O) groups excluding carboxylic acids is 1. The molecule has 0 spiro atoms. The van der Waals surface area contributed by atoms with E-state index in [1.807, 2.05) is 13.0 Å². The van der Waals surface area contributed by atoms with Crippen molar-refractivity contribution in [3.8, 4) is 0 Å². The molecule has 0 N–H and O–H groups in total. The molecule has 0 aromatic rings. The Hall–Kier alpha value is -0.630. The zero-order valence-electron chi connectivity index (χ0n) is 9.06. The molecule has 14 heavy (non-hydrogen) atoms. The molecular formula is C12H17BrO. The smallest absolute Gasteiger partial charge is 0.133 e. The Morgan fingerprint density at radius 1 is 1.43 bits per heavy atom. The van der Waals surface area contributed by atoms with Crippen LogP contribution in [-0.2, 0) is 4.79 Å². The molecule has 0 aliphatic heterocycles. The van der Waals surface area contributed by atoms with Gasteiger partial charge in [-0.25, -0.2) is 0 Å². The van der Waals surface area contributed by atoms with Crippen molar-refractivity contribution >= 4 is 21.7 Å². The maximum atomic E-state index is 10.9. The summed E-state index contributed by atoms with van der Waals surface area (Å²) in [7, 11) is 0. The van der Waals surface area contributed by atoms with Crippen LogP contribution in [0.1, 0.15) is 33.6 Å². The molecule has 1 nitrogen and oxygen atoms in total. The van der Waals surface area contributed by atoms with Crippen LogP contribution < -0.4 is 0 Å². The summed E-state index contributed by atoms with van der Waals surface area (Å²) in [6, 6.07) is 0. The standard InChI is InChI=1S/C12H17BrO/c1-5-11(8-10(4)14)7-9(3)12(13)6-2/h6-7H,2,5,8H2,1,3-4H3/b11-7+,12-9+. The van der Waals surface area contributed by atoms with Crippen molar-refractivity contribution in [3.63, 3.8) is 0 Å². The highest BCUT2D eigenvalue weighted by molar-refractivity contribution is 9.11. The van der Waals surface area contributed by atoms with Crippen molar-refractivity contribution < 1.29 is 4.79 Å². The van der Waals surface area contributed by atoms with Gasteiger partial charge in [0.25, 0.3) is 0 Å². The molecule has 0 saturated heterocycles. The summed E-state index contributed by atoms with van der Waals surface area (Å²) < 4.78 is 0.979. The third-order valence-corrected chi connectivity index (χ3v) is 2.86. The second-order valence-electron chi connectivity index (χ2n) is 3.27. The fourth-order valence-corrected chi connectivity index (χ4v) is 1.25. The molecule has 0 fully saturated rings. The molecule has 0 radical (unpaired) electrons. The zero-order chi connectivity index (χ0) is 11.1. The van der Waals surface area contributed by atoms with Crippen molar-refractivity contribution in [2.45, 2.75) is 33.6 Å². The van der Waals surface area contributed by atoms with Gasteiger partial charge >= 0.3 is 0 Å². The Balaban J connectivity index is 4.75. The third kappa shape index (κ3) is 5.18. The number of halogens is 1. The highest BCUT2D eigenvalue weighted by Gasteiger charge is 2.00. The minimum Gasteiger partial charge on any atom is -0.300 e. The molecule has 0 aliphatic carbocycles. The molecule has 2 heteroatoms. The Morgan fingerprint density at radius 3 is 2.36 bits per heavy atom. The predicted octanol–water partition coefficient (Wildman–Crippen LogP) is 4.16. The van der Waals surface area contributed by atoms with Crippen LogP contribution in [0.15, 0.2) is 34.4 Å². The number of rotatable bonds is 5. The van der Waals surface area contributed by atoms with Crippen molar-refractivity contribution in [2.75, 3.05) is 0 Å². The van der Waals surface area contributed by atoms with Crippen LogP contribution in [0.4, 0.5) is 0 Å². The predicted molar refractivity (Wildman–Crippen MR) is 65.5 cm³/mol. The van der Waals surface area contributed by atoms with Gasteiger partial charge in [0.2, 0.25) is 0 Å². The van der Waals surface area contributed by atoms with Gasteiger partial charge in [-0.1, -0.05) is 47.2 Å². The van der Waals surface area contributed by atoms with Gasteiger partial charge in [-0.05, 0) is 25.8 Å². The minimum atomic E-state index is 0.209. The Kier molecular flexibility index (Phi) is 6.46. The fraction of sp³-hybridized carbons (Fsp3) is 0.417. The number of ketones is 1. The molecule has 0 amide bonds. The van der Waals surface area contributed by atoms with Crippen LogP contribution >= 0.6 is 15.9 Å². The van der Waals surface area contributed by atoms with E-state index in [-0.39, 0.29) is 5.78 Å². The quantitative estimate of drug-likeness (QED) is 0.676. The number of allylic oxidation sites excluding steroid dienone is 5. The average molecular weight is 257 g/mol. The summed E-state index contributed by atoms with van der Waals surface area (Å²) in [4.78, 5) is 10.9. The second-order valence-corrected chi connectivity index (χ2v) is 4.12. The van der Waals surface area contributed by atoms with Gasteiger partial charge in [0.15, 0.2) is 0 Å². The molecule has 0 atom stereocenters. The van der Waals surface area contributed by atoms with Gasteiger partial charge in [0.05, 0.1) is 0 Å². The van der Waals surface area contributed by atoms with Crippen molar-refractivity contribution in [1.29, 1.82) is 0 Å². The number of hydrogen-bond donors (Lipinski definition) is 0. The van der Waals surface area contributed by atoms with Gasteiger partial charge in [0.1, 0.15) is 5.78 Å². The molecule has 78 valence electrons. The lowest BCUT2D eigenvalue weighted by Crippen LogP contribution is -1.93. The van der Waals surface area contributed by atoms with E-state index in [2.05, 4.69) is 29.4 Å². The van der Waals surface area contributed by atoms with Crippen LogP contribution in [0, 0.1) is 0 Å². The van der Waals surface area contributed by atoms with E-state index in [0.717, 1.165) is 22.0 Å². The summed E-state index contributed by atoms with van der Waals surface area (Å²) in [6.07, 6.45) is 5.26. The lowest BCUT2D eigenvalue weighted by Gasteiger charge is -2.03. The molecule has 0 bridgehead atoms. The Morgan fingerprint density at radius 2 is 2.00 bits per heavy atom. The van der Waals surface area contributed by atoms with Gasteiger partial charge in [0, 0.05) is 10.9 Å². The fourth-order valence-electron chi connectivity index (χ4n) is 1.13. The second kappa shape index (κ2) is 6.77. The molecule has 0 heterocycles. The first-order chi connectivity index (χ1) is 6.51. The Bertz CT molecular complexity index is 285. The molecule has 0 rings (SSSR count). The summed E-state index contributed by atoms with van der Waals surface area (Å²) in [6.45, 7) is 9.35. The number of Topliss-reactive ketones (excluding diaryl/α,β-unsaturated/α-hetero) is 1. The van der Waals surface area contributed by atoms with Gasteiger partial charge in [-0.2, -0.15) is 0 Å². The maximum absolute atomic E-state index is 10.9. The first-order valence-electron chi connectivity index (χ1n) is 4.69. The lowest BCUT2D eigenvalue weighted by molar-refractivity contribution is -0.116. The van der Waals surface area contributed by atoms with E-state index >= 15 is 0 Å². The topological polar surface area (TPSA) is 17.1 Å². The summed E-state index contributed by atoms with van der Waals surface area (Å²) in [5, 5.41) is 0. The van der Waals surface area contributed by atoms with Crippen molar-refractivity contribution in [2.24, 2.45) is 0 Å². The summed E-state index contributed by atoms with van der Waals surface area (Å²) in [5.41, 5.74) is 2.27. The van der Waals surface area contributed by atoms with Crippen molar-refractivity contribution in [1.82, 2.24) is 0 Å². The highest BCUT2D eigenvalue weighted by atomic mass is 79.9. The van der Waals surface area contributed by atoms with Gasteiger partial charge < -0.3 is 0 Å². The zero-order valence-corrected chi connectivity index (χ0v) is 10.6. The van der Waals surface area contributed by atoms with Gasteiger partial charge in [-0.3, -0.25) is 4.79 Å². The molecule has 0 saturated carbocycles. The van der Waals surface area contributed by atoms with Crippen molar-refractivity contribution in [3.05, 3.63) is 34.4 Å². The maximum Gasteiger partial charge on any atom is 0.133 e. The van der Waals surface area contributed by atoms with E-state index in [0.29, 0.717) is 6.42 Å². The molecular weight excluding hydrogens is 240 g/mol. The minimum absolute atomic E-state index is 0.209. The van der Waals surface area contributed by atoms with E-state index in [1.165, 1.54) is 0 Å². The van der Waals surface area contributed by atoms with Crippen LogP contribution in [0.5, 0.6) is 0 Å². The molecule has 0 aromatic heterocycles. The Labute approximate surface area is 94.7 Å². The SMILES string of the molecule is C=C/C(Br)=C(C)\C=C(/CC)CC(C)=O. The van der Waals surface area contributed by atoms with Crippen LogP contribution in [0.25, 0.3) is 0 Å². The van der Waals surface area contributed by atoms with E-state index in [4.69, 9.17) is 0 Å². The van der Waals surface area contributed by atoms with E-state index < -0.39 is 0 Å².